The molecule has 5 nitrogen and oxygen atoms in total. The summed E-state index contributed by atoms with van der Waals surface area (Å²) in [7, 11) is 0. The second-order valence-corrected chi connectivity index (χ2v) is 7.41. The quantitative estimate of drug-likeness (QED) is 0.562. The molecule has 0 spiro atoms. The highest BCUT2D eigenvalue weighted by Gasteiger charge is 2.09. The van der Waals surface area contributed by atoms with Crippen molar-refractivity contribution < 1.29 is 14.3 Å². The van der Waals surface area contributed by atoms with Crippen LogP contribution in [0, 0.1) is 13.8 Å². The first kappa shape index (κ1) is 21.0. The molecule has 2 aromatic rings. The van der Waals surface area contributed by atoms with Gasteiger partial charge in [-0.1, -0.05) is 28.1 Å². The zero-order valence-corrected chi connectivity index (χ0v) is 17.5. The molecular formula is C21H25BrN2O3. The van der Waals surface area contributed by atoms with Crippen molar-refractivity contribution in [3.05, 3.63) is 52.0 Å². The molecule has 0 atom stereocenters. The lowest BCUT2D eigenvalue weighted by Gasteiger charge is -2.12. The van der Waals surface area contributed by atoms with Gasteiger partial charge in [0.2, 0.25) is 11.8 Å². The number of benzene rings is 2. The van der Waals surface area contributed by atoms with Crippen molar-refractivity contribution in [2.45, 2.75) is 40.0 Å². The standard InChI is InChI=1S/C21H25BrN2O3/c1-14-7-8-15(2)20(12-14)27-11-5-4-6-21(26)24-19-13-17(22)9-10-18(19)23-16(3)25/h7-10,12-13H,4-6,11H2,1-3H3,(H,23,25)(H,24,26). The van der Waals surface area contributed by atoms with Crippen LogP contribution in [0.2, 0.25) is 0 Å². The highest BCUT2D eigenvalue weighted by molar-refractivity contribution is 9.10. The average Bonchev–Trinajstić information content (AvgIpc) is 2.59. The predicted molar refractivity (Wildman–Crippen MR) is 112 cm³/mol. The van der Waals surface area contributed by atoms with Crippen LogP contribution in [0.25, 0.3) is 0 Å². The van der Waals surface area contributed by atoms with Gasteiger partial charge in [0.25, 0.3) is 0 Å². The van der Waals surface area contributed by atoms with Gasteiger partial charge >= 0.3 is 0 Å². The number of rotatable bonds is 8. The van der Waals surface area contributed by atoms with Gasteiger partial charge in [-0.05, 0) is 62.1 Å². The third kappa shape index (κ3) is 7.06. The molecule has 0 aliphatic heterocycles. The van der Waals surface area contributed by atoms with E-state index in [0.29, 0.717) is 24.4 Å². The van der Waals surface area contributed by atoms with Crippen LogP contribution in [0.3, 0.4) is 0 Å². The van der Waals surface area contributed by atoms with E-state index in [1.807, 2.05) is 32.0 Å². The van der Waals surface area contributed by atoms with Crippen molar-refractivity contribution in [2.75, 3.05) is 17.2 Å². The lowest BCUT2D eigenvalue weighted by Crippen LogP contribution is -2.15. The molecule has 0 aromatic heterocycles. The van der Waals surface area contributed by atoms with E-state index < -0.39 is 0 Å². The number of halogens is 1. The van der Waals surface area contributed by atoms with Crippen LogP contribution in [0.1, 0.15) is 37.3 Å². The van der Waals surface area contributed by atoms with Gasteiger partial charge in [0.15, 0.2) is 0 Å². The fourth-order valence-electron chi connectivity index (χ4n) is 2.56. The van der Waals surface area contributed by atoms with Gasteiger partial charge < -0.3 is 15.4 Å². The molecule has 0 aliphatic carbocycles. The van der Waals surface area contributed by atoms with Gasteiger partial charge in [-0.25, -0.2) is 0 Å². The summed E-state index contributed by atoms with van der Waals surface area (Å²) in [4.78, 5) is 23.5. The van der Waals surface area contributed by atoms with Gasteiger partial charge in [-0.3, -0.25) is 9.59 Å². The Morgan fingerprint density at radius 2 is 1.78 bits per heavy atom. The molecule has 0 saturated heterocycles. The van der Waals surface area contributed by atoms with Crippen LogP contribution in [0.15, 0.2) is 40.9 Å². The molecule has 0 fully saturated rings. The Morgan fingerprint density at radius 1 is 1.00 bits per heavy atom. The maximum Gasteiger partial charge on any atom is 0.224 e. The van der Waals surface area contributed by atoms with Crippen LogP contribution in [0.5, 0.6) is 5.75 Å². The molecule has 0 heterocycles. The molecule has 2 amide bonds. The third-order valence-corrected chi connectivity index (χ3v) is 4.46. The van der Waals surface area contributed by atoms with Gasteiger partial charge in [-0.2, -0.15) is 0 Å². The van der Waals surface area contributed by atoms with E-state index >= 15 is 0 Å². The second kappa shape index (κ2) is 10.1. The van der Waals surface area contributed by atoms with E-state index in [-0.39, 0.29) is 11.8 Å². The Hall–Kier alpha value is -2.34. The zero-order chi connectivity index (χ0) is 19.8. The Bertz CT molecular complexity index is 821. The molecule has 2 N–H and O–H groups in total. The summed E-state index contributed by atoms with van der Waals surface area (Å²) in [6, 6.07) is 11.5. The smallest absolute Gasteiger partial charge is 0.224 e. The van der Waals surface area contributed by atoms with Gasteiger partial charge in [0, 0.05) is 17.8 Å². The Kier molecular flexibility index (Phi) is 7.85. The van der Waals surface area contributed by atoms with Crippen molar-refractivity contribution in [1.29, 1.82) is 0 Å². The van der Waals surface area contributed by atoms with Crippen LogP contribution in [0.4, 0.5) is 11.4 Å². The summed E-state index contributed by atoms with van der Waals surface area (Å²) >= 11 is 3.38. The summed E-state index contributed by atoms with van der Waals surface area (Å²) < 4.78 is 6.64. The van der Waals surface area contributed by atoms with Crippen molar-refractivity contribution in [3.8, 4) is 5.75 Å². The lowest BCUT2D eigenvalue weighted by atomic mass is 10.1. The Morgan fingerprint density at radius 3 is 2.52 bits per heavy atom. The number of ether oxygens (including phenoxy) is 1. The molecule has 0 radical (unpaired) electrons. The number of hydrogen-bond donors (Lipinski definition) is 2. The number of carbonyl (C=O) groups excluding carboxylic acids is 2. The van der Waals surface area contributed by atoms with Crippen molar-refractivity contribution in [2.24, 2.45) is 0 Å². The summed E-state index contributed by atoms with van der Waals surface area (Å²) in [6.45, 7) is 6.07. The summed E-state index contributed by atoms with van der Waals surface area (Å²) in [5.41, 5.74) is 3.44. The van der Waals surface area contributed by atoms with Gasteiger partial charge in [-0.15, -0.1) is 0 Å². The lowest BCUT2D eigenvalue weighted by molar-refractivity contribution is -0.116. The first-order valence-corrected chi connectivity index (χ1v) is 9.71. The predicted octanol–water partition coefficient (Wildman–Crippen LogP) is 5.21. The number of carbonyl (C=O) groups is 2. The largest absolute Gasteiger partial charge is 0.493 e. The molecule has 2 rings (SSSR count). The van der Waals surface area contributed by atoms with Crippen LogP contribution in [-0.2, 0) is 9.59 Å². The van der Waals surface area contributed by atoms with E-state index in [4.69, 9.17) is 4.74 Å². The number of amides is 2. The van der Waals surface area contributed by atoms with Crippen LogP contribution >= 0.6 is 15.9 Å². The van der Waals surface area contributed by atoms with Crippen molar-refractivity contribution in [1.82, 2.24) is 0 Å². The maximum atomic E-state index is 12.2. The molecule has 0 bridgehead atoms. The van der Waals surface area contributed by atoms with E-state index in [1.165, 1.54) is 12.5 Å². The monoisotopic (exact) mass is 432 g/mol. The highest BCUT2D eigenvalue weighted by Crippen LogP contribution is 2.26. The van der Waals surface area contributed by atoms with Crippen LogP contribution in [-0.4, -0.2) is 18.4 Å². The van der Waals surface area contributed by atoms with Crippen molar-refractivity contribution >= 4 is 39.1 Å². The average molecular weight is 433 g/mol. The van der Waals surface area contributed by atoms with Crippen LogP contribution < -0.4 is 15.4 Å². The normalized spacial score (nSPS) is 10.4. The number of aryl methyl sites for hydroxylation is 2. The van der Waals surface area contributed by atoms with E-state index in [9.17, 15) is 9.59 Å². The van der Waals surface area contributed by atoms with Gasteiger partial charge in [0.05, 0.1) is 18.0 Å². The number of anilines is 2. The molecule has 27 heavy (non-hydrogen) atoms. The first-order chi connectivity index (χ1) is 12.8. The first-order valence-electron chi connectivity index (χ1n) is 8.92. The SMILES string of the molecule is CC(=O)Nc1ccc(Br)cc1NC(=O)CCCCOc1cc(C)ccc1C. The van der Waals surface area contributed by atoms with E-state index in [2.05, 4.69) is 32.6 Å². The van der Waals surface area contributed by atoms with E-state index in [1.54, 1.807) is 12.1 Å². The second-order valence-electron chi connectivity index (χ2n) is 6.49. The molecule has 0 aliphatic rings. The van der Waals surface area contributed by atoms with Crippen molar-refractivity contribution in [3.63, 3.8) is 0 Å². The molecule has 144 valence electrons. The fourth-order valence-corrected chi connectivity index (χ4v) is 2.92. The summed E-state index contributed by atoms with van der Waals surface area (Å²) in [5.74, 6) is 0.622. The topological polar surface area (TPSA) is 67.4 Å². The Balaban J connectivity index is 1.79. The number of unbranched alkanes of at least 4 members (excludes halogenated alkanes) is 1. The molecule has 0 unspecified atom stereocenters. The van der Waals surface area contributed by atoms with E-state index in [0.717, 1.165) is 28.6 Å². The molecule has 6 heteroatoms. The summed E-state index contributed by atoms with van der Waals surface area (Å²) in [6.07, 6.45) is 1.90. The third-order valence-electron chi connectivity index (χ3n) is 3.97. The minimum atomic E-state index is -0.184. The zero-order valence-electron chi connectivity index (χ0n) is 15.9. The Labute approximate surface area is 168 Å². The molecule has 2 aromatic carbocycles. The fraction of sp³-hybridized carbons (Fsp3) is 0.333. The minimum absolute atomic E-state index is 0.0913. The van der Waals surface area contributed by atoms with Gasteiger partial charge in [0.1, 0.15) is 5.75 Å². The summed E-state index contributed by atoms with van der Waals surface area (Å²) in [5, 5.41) is 5.57. The number of nitrogens with one attached hydrogen (secondary N) is 2. The molecule has 0 saturated carbocycles. The molecular weight excluding hydrogens is 408 g/mol. The highest BCUT2D eigenvalue weighted by atomic mass is 79.9. The minimum Gasteiger partial charge on any atom is -0.493 e. The maximum absolute atomic E-state index is 12.2. The number of hydrogen-bond acceptors (Lipinski definition) is 3.